The smallest absolute Gasteiger partial charge is 0.125 e. The lowest BCUT2D eigenvalue weighted by molar-refractivity contribution is 0.431. The largest absolute Gasteiger partial charge is 0.384 e. The van der Waals surface area contributed by atoms with Crippen molar-refractivity contribution in [3.8, 4) is 0 Å². The van der Waals surface area contributed by atoms with Gasteiger partial charge < -0.3 is 5.73 Å². The summed E-state index contributed by atoms with van der Waals surface area (Å²) in [5.74, 6) is 0.929. The van der Waals surface area contributed by atoms with E-state index in [9.17, 15) is 0 Å². The van der Waals surface area contributed by atoms with E-state index in [0.717, 1.165) is 31.5 Å². The van der Waals surface area contributed by atoms with E-state index in [4.69, 9.17) is 5.73 Å². The van der Waals surface area contributed by atoms with Crippen LogP contribution in [0.25, 0.3) is 0 Å². The Morgan fingerprint density at radius 3 is 2.53 bits per heavy atom. The summed E-state index contributed by atoms with van der Waals surface area (Å²) < 4.78 is 2.07. The van der Waals surface area contributed by atoms with Crippen molar-refractivity contribution in [2.75, 3.05) is 5.73 Å². The lowest BCUT2D eigenvalue weighted by atomic mass is 9.98. The minimum absolute atomic E-state index is 0.482. The molecule has 0 radical (unpaired) electrons. The molecule has 1 aliphatic rings. The summed E-state index contributed by atoms with van der Waals surface area (Å²) in [5, 5.41) is 4.68. The predicted molar refractivity (Wildman–Crippen MR) is 62.9 cm³/mol. The molecule has 0 saturated carbocycles. The van der Waals surface area contributed by atoms with Gasteiger partial charge in [-0.2, -0.15) is 5.10 Å². The molecule has 2 N–H and O–H groups in total. The van der Waals surface area contributed by atoms with Crippen LogP contribution >= 0.6 is 0 Å². The Morgan fingerprint density at radius 2 is 1.93 bits per heavy atom. The second kappa shape index (κ2) is 4.25. The second-order valence-corrected chi connectivity index (χ2v) is 4.43. The number of rotatable bonds is 3. The molecule has 0 fully saturated rings. The fraction of sp³-hybridized carbons (Fsp3) is 0.750. The molecular weight excluding hydrogens is 186 g/mol. The standard InChI is InChI=1S/C12H21N3/c1-3-9(4-2)15-12(13)10-7-5-6-8-11(10)14-15/h9H,3-8,13H2,1-2H3. The van der Waals surface area contributed by atoms with Crippen molar-refractivity contribution in [1.29, 1.82) is 0 Å². The van der Waals surface area contributed by atoms with Crippen molar-refractivity contribution < 1.29 is 0 Å². The molecule has 0 bridgehead atoms. The van der Waals surface area contributed by atoms with Crippen LogP contribution in [-0.2, 0) is 12.8 Å². The number of nitrogens with two attached hydrogens (primary N) is 1. The monoisotopic (exact) mass is 207 g/mol. The highest BCUT2D eigenvalue weighted by atomic mass is 15.3. The summed E-state index contributed by atoms with van der Waals surface area (Å²) in [5.41, 5.74) is 8.76. The first-order chi connectivity index (χ1) is 7.27. The Hall–Kier alpha value is -0.990. The zero-order chi connectivity index (χ0) is 10.8. The molecule has 1 aliphatic carbocycles. The molecule has 3 heteroatoms. The fourth-order valence-corrected chi connectivity index (χ4v) is 2.51. The highest BCUT2D eigenvalue weighted by Crippen LogP contribution is 2.29. The molecular formula is C12H21N3. The first kappa shape index (κ1) is 10.5. The van der Waals surface area contributed by atoms with Gasteiger partial charge in [0.1, 0.15) is 5.82 Å². The van der Waals surface area contributed by atoms with Gasteiger partial charge in [-0.3, -0.25) is 0 Å². The third kappa shape index (κ3) is 1.75. The van der Waals surface area contributed by atoms with Gasteiger partial charge in [0.05, 0.1) is 11.7 Å². The third-order valence-corrected chi connectivity index (χ3v) is 3.51. The molecule has 3 nitrogen and oxygen atoms in total. The number of nitrogen functional groups attached to an aromatic ring is 1. The maximum atomic E-state index is 6.18. The highest BCUT2D eigenvalue weighted by molar-refractivity contribution is 5.45. The van der Waals surface area contributed by atoms with Crippen molar-refractivity contribution in [1.82, 2.24) is 9.78 Å². The van der Waals surface area contributed by atoms with Gasteiger partial charge in [-0.1, -0.05) is 13.8 Å². The molecule has 0 amide bonds. The molecule has 0 spiro atoms. The van der Waals surface area contributed by atoms with Crippen LogP contribution in [0, 0.1) is 0 Å². The van der Waals surface area contributed by atoms with Gasteiger partial charge in [-0.05, 0) is 38.5 Å². The van der Waals surface area contributed by atoms with Crippen LogP contribution in [0.4, 0.5) is 5.82 Å². The van der Waals surface area contributed by atoms with Crippen LogP contribution in [0.3, 0.4) is 0 Å². The molecule has 1 aromatic rings. The summed E-state index contributed by atoms with van der Waals surface area (Å²) in [6, 6.07) is 0.482. The van der Waals surface area contributed by atoms with Gasteiger partial charge in [-0.15, -0.1) is 0 Å². The van der Waals surface area contributed by atoms with Gasteiger partial charge in [0.2, 0.25) is 0 Å². The van der Waals surface area contributed by atoms with Crippen LogP contribution in [0.1, 0.15) is 56.8 Å². The number of nitrogens with zero attached hydrogens (tertiary/aromatic N) is 2. The Bertz CT molecular complexity index is 337. The summed E-state index contributed by atoms with van der Waals surface area (Å²) in [7, 11) is 0. The molecule has 84 valence electrons. The first-order valence-corrected chi connectivity index (χ1v) is 6.13. The maximum Gasteiger partial charge on any atom is 0.125 e. The Morgan fingerprint density at radius 1 is 1.27 bits per heavy atom. The van der Waals surface area contributed by atoms with Crippen molar-refractivity contribution in [3.05, 3.63) is 11.3 Å². The maximum absolute atomic E-state index is 6.18. The van der Waals surface area contributed by atoms with Gasteiger partial charge in [-0.25, -0.2) is 4.68 Å². The number of hydrogen-bond acceptors (Lipinski definition) is 2. The molecule has 2 rings (SSSR count). The summed E-state index contributed by atoms with van der Waals surface area (Å²) in [6.07, 6.45) is 7.01. The van der Waals surface area contributed by atoms with Gasteiger partial charge in [0.25, 0.3) is 0 Å². The van der Waals surface area contributed by atoms with E-state index in [1.54, 1.807) is 0 Å². The topological polar surface area (TPSA) is 43.8 Å². The normalized spacial score (nSPS) is 15.7. The minimum Gasteiger partial charge on any atom is -0.384 e. The number of hydrogen-bond donors (Lipinski definition) is 1. The van der Waals surface area contributed by atoms with Crippen molar-refractivity contribution in [3.63, 3.8) is 0 Å². The third-order valence-electron chi connectivity index (χ3n) is 3.51. The number of fused-ring (bicyclic) bond motifs is 1. The van der Waals surface area contributed by atoms with E-state index in [-0.39, 0.29) is 0 Å². The fourth-order valence-electron chi connectivity index (χ4n) is 2.51. The van der Waals surface area contributed by atoms with Crippen molar-refractivity contribution in [2.24, 2.45) is 0 Å². The summed E-state index contributed by atoms with van der Waals surface area (Å²) >= 11 is 0. The zero-order valence-corrected chi connectivity index (χ0v) is 9.79. The summed E-state index contributed by atoms with van der Waals surface area (Å²) in [6.45, 7) is 4.41. The molecule has 1 heterocycles. The molecule has 0 unspecified atom stereocenters. The minimum atomic E-state index is 0.482. The predicted octanol–water partition coefficient (Wildman–Crippen LogP) is 2.71. The Balaban J connectivity index is 2.36. The van der Waals surface area contributed by atoms with Crippen LogP contribution < -0.4 is 5.73 Å². The van der Waals surface area contributed by atoms with Crippen LogP contribution in [0.15, 0.2) is 0 Å². The Labute approximate surface area is 91.7 Å². The van der Waals surface area contributed by atoms with Gasteiger partial charge >= 0.3 is 0 Å². The average molecular weight is 207 g/mol. The van der Waals surface area contributed by atoms with Crippen LogP contribution in [-0.4, -0.2) is 9.78 Å². The molecule has 0 saturated heterocycles. The lowest BCUT2D eigenvalue weighted by Gasteiger charge is -2.14. The van der Waals surface area contributed by atoms with Crippen molar-refractivity contribution in [2.45, 2.75) is 58.4 Å². The van der Waals surface area contributed by atoms with E-state index >= 15 is 0 Å². The summed E-state index contributed by atoms with van der Waals surface area (Å²) in [4.78, 5) is 0. The zero-order valence-electron chi connectivity index (χ0n) is 9.79. The second-order valence-electron chi connectivity index (χ2n) is 4.43. The SMILES string of the molecule is CCC(CC)n1nc2c(c1N)CCCC2. The Kier molecular flexibility index (Phi) is 2.98. The van der Waals surface area contributed by atoms with Crippen molar-refractivity contribution >= 4 is 5.82 Å². The number of aromatic nitrogens is 2. The van der Waals surface area contributed by atoms with E-state index in [0.29, 0.717) is 6.04 Å². The molecule has 0 atom stereocenters. The van der Waals surface area contributed by atoms with E-state index < -0.39 is 0 Å². The molecule has 0 aromatic carbocycles. The molecule has 0 aliphatic heterocycles. The molecule has 15 heavy (non-hydrogen) atoms. The average Bonchev–Trinajstić information content (AvgIpc) is 2.60. The lowest BCUT2D eigenvalue weighted by Crippen LogP contribution is -2.12. The number of aryl methyl sites for hydroxylation is 1. The van der Waals surface area contributed by atoms with Gasteiger partial charge in [0, 0.05) is 5.56 Å². The van der Waals surface area contributed by atoms with E-state index in [2.05, 4.69) is 23.6 Å². The van der Waals surface area contributed by atoms with Crippen LogP contribution in [0.5, 0.6) is 0 Å². The first-order valence-electron chi connectivity index (χ1n) is 6.13. The van der Waals surface area contributed by atoms with Crippen LogP contribution in [0.2, 0.25) is 0 Å². The quantitative estimate of drug-likeness (QED) is 0.828. The number of anilines is 1. The van der Waals surface area contributed by atoms with E-state index in [1.807, 2.05) is 0 Å². The highest BCUT2D eigenvalue weighted by Gasteiger charge is 2.21. The van der Waals surface area contributed by atoms with E-state index in [1.165, 1.54) is 24.1 Å². The molecule has 1 aromatic heterocycles. The van der Waals surface area contributed by atoms with Gasteiger partial charge in [0.15, 0.2) is 0 Å².